The molecule has 0 radical (unpaired) electrons. The first-order chi connectivity index (χ1) is 16.0. The van der Waals surface area contributed by atoms with E-state index in [9.17, 15) is 9.59 Å². The third-order valence-electron chi connectivity index (χ3n) is 5.13. The maximum Gasteiger partial charge on any atom is 0.237 e. The van der Waals surface area contributed by atoms with Crippen molar-refractivity contribution in [2.24, 2.45) is 0 Å². The number of carbonyl (C=O) groups excluding carboxylic acids is 2. The predicted molar refractivity (Wildman–Crippen MR) is 138 cm³/mol. The molecule has 0 heterocycles. The van der Waals surface area contributed by atoms with Crippen LogP contribution in [0.5, 0.6) is 0 Å². The van der Waals surface area contributed by atoms with Crippen molar-refractivity contribution in [3.8, 4) is 0 Å². The lowest BCUT2D eigenvalue weighted by molar-refractivity contribution is -0.116. The Balaban J connectivity index is 1.37. The number of carbonyl (C=O) groups is 2. The van der Waals surface area contributed by atoms with Crippen LogP contribution < -0.4 is 10.6 Å². The Labute approximate surface area is 202 Å². The van der Waals surface area contributed by atoms with Gasteiger partial charge in [-0.1, -0.05) is 66.2 Å². The van der Waals surface area contributed by atoms with Gasteiger partial charge in [0.2, 0.25) is 11.8 Å². The summed E-state index contributed by atoms with van der Waals surface area (Å²) in [5, 5.41) is 8.38. The van der Waals surface area contributed by atoms with Crippen molar-refractivity contribution in [2.45, 2.75) is 23.5 Å². The lowest BCUT2D eigenvalue weighted by Crippen LogP contribution is -2.22. The summed E-state index contributed by atoms with van der Waals surface area (Å²) >= 11 is 7.34. The molecule has 0 bridgehead atoms. The molecule has 0 fully saturated rings. The molecule has 1 unspecified atom stereocenters. The summed E-state index contributed by atoms with van der Waals surface area (Å²) in [6, 6.07) is 28.6. The third-order valence-corrected chi connectivity index (χ3v) is 6.47. The fraction of sp³-hybridized carbons (Fsp3) is 0.111. The fourth-order valence-corrected chi connectivity index (χ4v) is 4.52. The number of fused-ring (bicyclic) bond motifs is 1. The minimum absolute atomic E-state index is 0.0754. The second kappa shape index (κ2) is 10.6. The van der Waals surface area contributed by atoms with Gasteiger partial charge in [0, 0.05) is 26.7 Å². The molecule has 2 N–H and O–H groups in total. The summed E-state index contributed by atoms with van der Waals surface area (Å²) in [4.78, 5) is 26.1. The van der Waals surface area contributed by atoms with Crippen molar-refractivity contribution in [1.29, 1.82) is 0 Å². The van der Waals surface area contributed by atoms with Gasteiger partial charge in [0.15, 0.2) is 0 Å². The monoisotopic (exact) mass is 474 g/mol. The highest BCUT2D eigenvalue weighted by Gasteiger charge is 2.16. The number of hydrogen-bond donors (Lipinski definition) is 2. The van der Waals surface area contributed by atoms with Crippen LogP contribution in [0.15, 0.2) is 95.9 Å². The Hall–Kier alpha value is -3.28. The third kappa shape index (κ3) is 6.15. The van der Waals surface area contributed by atoms with Crippen molar-refractivity contribution in [3.63, 3.8) is 0 Å². The number of anilines is 2. The molecule has 1 atom stereocenters. The molecule has 4 aromatic carbocycles. The molecule has 0 spiro atoms. The normalized spacial score (nSPS) is 11.7. The molecule has 0 aliphatic rings. The summed E-state index contributed by atoms with van der Waals surface area (Å²) < 4.78 is 0. The average molecular weight is 475 g/mol. The molecule has 0 aliphatic carbocycles. The Morgan fingerprint density at radius 2 is 1.61 bits per heavy atom. The number of amides is 2. The van der Waals surface area contributed by atoms with E-state index >= 15 is 0 Å². The molecule has 33 heavy (non-hydrogen) atoms. The first kappa shape index (κ1) is 22.9. The van der Waals surface area contributed by atoms with E-state index in [0.29, 0.717) is 10.7 Å². The smallest absolute Gasteiger partial charge is 0.237 e. The van der Waals surface area contributed by atoms with Crippen molar-refractivity contribution < 1.29 is 9.59 Å². The summed E-state index contributed by atoms with van der Waals surface area (Å²) in [5.41, 5.74) is 2.38. The van der Waals surface area contributed by atoms with E-state index in [4.69, 9.17) is 11.6 Å². The molecule has 6 heteroatoms. The van der Waals surface area contributed by atoms with Crippen molar-refractivity contribution in [2.75, 3.05) is 10.6 Å². The quantitative estimate of drug-likeness (QED) is 0.290. The lowest BCUT2D eigenvalue weighted by Gasteiger charge is -2.14. The van der Waals surface area contributed by atoms with Gasteiger partial charge in [0.25, 0.3) is 0 Å². The van der Waals surface area contributed by atoms with Gasteiger partial charge in [0.05, 0.1) is 11.7 Å². The van der Waals surface area contributed by atoms with E-state index in [2.05, 4.69) is 10.6 Å². The maximum absolute atomic E-state index is 12.8. The van der Waals surface area contributed by atoms with E-state index in [0.717, 1.165) is 26.9 Å². The van der Waals surface area contributed by atoms with E-state index < -0.39 is 0 Å². The molecule has 0 aromatic heterocycles. The standard InChI is InChI=1S/C27H23ClN2O2S/c1-18(27(32)30-25-11-4-7-20-6-2-3-10-24(20)25)33-23-9-5-8-22(17-23)29-26(31)16-19-12-14-21(28)15-13-19/h2-15,17-18H,16H2,1H3,(H,29,31)(H,30,32). The summed E-state index contributed by atoms with van der Waals surface area (Å²) in [6.45, 7) is 1.87. The highest BCUT2D eigenvalue weighted by atomic mass is 35.5. The van der Waals surface area contributed by atoms with Crippen LogP contribution in [0.25, 0.3) is 10.8 Å². The molecule has 4 aromatic rings. The highest BCUT2D eigenvalue weighted by Crippen LogP contribution is 2.28. The van der Waals surface area contributed by atoms with Crippen LogP contribution in [0.2, 0.25) is 5.02 Å². The number of nitrogens with one attached hydrogen (secondary N) is 2. The van der Waals surface area contributed by atoms with Crippen molar-refractivity contribution >= 4 is 57.3 Å². The zero-order chi connectivity index (χ0) is 23.2. The lowest BCUT2D eigenvalue weighted by atomic mass is 10.1. The van der Waals surface area contributed by atoms with E-state index in [-0.39, 0.29) is 23.5 Å². The zero-order valence-electron chi connectivity index (χ0n) is 18.0. The van der Waals surface area contributed by atoms with Gasteiger partial charge in [-0.15, -0.1) is 11.8 Å². The molecule has 0 saturated heterocycles. The molecule has 166 valence electrons. The maximum atomic E-state index is 12.8. The Kier molecular flexibility index (Phi) is 7.33. The largest absolute Gasteiger partial charge is 0.326 e. The molecule has 0 saturated carbocycles. The number of halogens is 1. The Morgan fingerprint density at radius 3 is 2.42 bits per heavy atom. The van der Waals surface area contributed by atoms with Gasteiger partial charge in [0.1, 0.15) is 0 Å². The molecular weight excluding hydrogens is 452 g/mol. The Morgan fingerprint density at radius 1 is 0.879 bits per heavy atom. The summed E-state index contributed by atoms with van der Waals surface area (Å²) in [7, 11) is 0. The first-order valence-electron chi connectivity index (χ1n) is 10.6. The second-order valence-electron chi connectivity index (χ2n) is 7.66. The van der Waals surface area contributed by atoms with Gasteiger partial charge in [-0.2, -0.15) is 0 Å². The van der Waals surface area contributed by atoms with E-state index in [1.54, 1.807) is 12.1 Å². The summed E-state index contributed by atoms with van der Waals surface area (Å²) in [6.07, 6.45) is 0.262. The number of thioether (sulfide) groups is 1. The summed E-state index contributed by atoms with van der Waals surface area (Å²) in [5.74, 6) is -0.185. The topological polar surface area (TPSA) is 58.2 Å². The highest BCUT2D eigenvalue weighted by molar-refractivity contribution is 8.00. The van der Waals surface area contributed by atoms with Gasteiger partial charge in [-0.05, 0) is 54.3 Å². The van der Waals surface area contributed by atoms with Gasteiger partial charge >= 0.3 is 0 Å². The molecular formula is C27H23ClN2O2S. The average Bonchev–Trinajstić information content (AvgIpc) is 2.81. The minimum Gasteiger partial charge on any atom is -0.326 e. The van der Waals surface area contributed by atoms with Crippen LogP contribution in [0.1, 0.15) is 12.5 Å². The van der Waals surface area contributed by atoms with Crippen LogP contribution in [0.3, 0.4) is 0 Å². The van der Waals surface area contributed by atoms with Crippen LogP contribution in [-0.2, 0) is 16.0 Å². The van der Waals surface area contributed by atoms with Crippen LogP contribution in [0, 0.1) is 0 Å². The van der Waals surface area contributed by atoms with Crippen LogP contribution in [-0.4, -0.2) is 17.1 Å². The van der Waals surface area contributed by atoms with E-state index in [1.165, 1.54) is 11.8 Å². The first-order valence-corrected chi connectivity index (χ1v) is 11.8. The minimum atomic E-state index is -0.316. The molecule has 0 aliphatic heterocycles. The van der Waals surface area contributed by atoms with Gasteiger partial charge in [-0.25, -0.2) is 0 Å². The molecule has 2 amide bonds. The van der Waals surface area contributed by atoms with E-state index in [1.807, 2.05) is 85.8 Å². The second-order valence-corrected chi connectivity index (χ2v) is 9.51. The van der Waals surface area contributed by atoms with Gasteiger partial charge in [-0.3, -0.25) is 9.59 Å². The predicted octanol–water partition coefficient (Wildman–Crippen LogP) is 6.79. The molecule has 4 rings (SSSR count). The van der Waals surface area contributed by atoms with Crippen LogP contribution in [0.4, 0.5) is 11.4 Å². The number of hydrogen-bond acceptors (Lipinski definition) is 3. The van der Waals surface area contributed by atoms with Crippen LogP contribution >= 0.6 is 23.4 Å². The van der Waals surface area contributed by atoms with Crippen molar-refractivity contribution in [3.05, 3.63) is 102 Å². The SMILES string of the molecule is CC(Sc1cccc(NC(=O)Cc2ccc(Cl)cc2)c1)C(=O)Nc1cccc2ccccc12. The van der Waals surface area contributed by atoms with Gasteiger partial charge < -0.3 is 10.6 Å². The van der Waals surface area contributed by atoms with Crippen molar-refractivity contribution in [1.82, 2.24) is 0 Å². The fourth-order valence-electron chi connectivity index (χ4n) is 3.47. The number of benzene rings is 4. The Bertz CT molecular complexity index is 1290. The zero-order valence-corrected chi connectivity index (χ0v) is 19.6. The molecule has 4 nitrogen and oxygen atoms in total. The number of rotatable bonds is 7.